The van der Waals surface area contributed by atoms with Crippen LogP contribution in [0, 0.1) is 0 Å². The Hall–Kier alpha value is -1.02. The van der Waals surface area contributed by atoms with E-state index in [-0.39, 0.29) is 0 Å². The Kier molecular flexibility index (Phi) is 3.27. The van der Waals surface area contributed by atoms with Gasteiger partial charge in [-0.25, -0.2) is 0 Å². The van der Waals surface area contributed by atoms with Crippen LogP contribution in [-0.4, -0.2) is 25.5 Å². The van der Waals surface area contributed by atoms with Crippen LogP contribution in [0.5, 0.6) is 0 Å². The van der Waals surface area contributed by atoms with Crippen molar-refractivity contribution in [2.75, 3.05) is 26.0 Å². The highest BCUT2D eigenvalue weighted by atomic mass is 15.0. The molecule has 2 rings (SSSR count). The lowest BCUT2D eigenvalue weighted by atomic mass is 10.0. The summed E-state index contributed by atoms with van der Waals surface area (Å²) >= 11 is 0. The molecule has 0 amide bonds. The van der Waals surface area contributed by atoms with E-state index in [0.29, 0.717) is 0 Å². The van der Waals surface area contributed by atoms with Gasteiger partial charge >= 0.3 is 0 Å². The second kappa shape index (κ2) is 4.67. The van der Waals surface area contributed by atoms with E-state index in [9.17, 15) is 0 Å². The molecule has 82 valence electrons. The topological polar surface area (TPSA) is 15.3 Å². The number of hydrogen-bond acceptors (Lipinski definition) is 2. The molecule has 2 nitrogen and oxygen atoms in total. The Balaban J connectivity index is 2.20. The molecule has 0 bridgehead atoms. The molecule has 0 atom stereocenters. The molecule has 15 heavy (non-hydrogen) atoms. The van der Waals surface area contributed by atoms with E-state index in [2.05, 4.69) is 42.5 Å². The third-order valence-electron chi connectivity index (χ3n) is 2.86. The molecular weight excluding hydrogens is 184 g/mol. The summed E-state index contributed by atoms with van der Waals surface area (Å²) < 4.78 is 0. The average molecular weight is 204 g/mol. The van der Waals surface area contributed by atoms with Gasteiger partial charge in [0, 0.05) is 18.8 Å². The highest BCUT2D eigenvalue weighted by Crippen LogP contribution is 2.22. The number of nitrogens with zero attached hydrogens (tertiary/aromatic N) is 1. The normalized spacial score (nSPS) is 15.7. The van der Waals surface area contributed by atoms with E-state index in [4.69, 9.17) is 0 Å². The predicted octanol–water partition coefficient (Wildman–Crippen LogP) is 2.50. The standard InChI is InChI=1S/C13H20N2/c1-15(2)10-11-6-7-13-12(9-11)5-3-4-8-14-13/h6-7,9,14H,3-5,8,10H2,1-2H3. The van der Waals surface area contributed by atoms with Crippen LogP contribution in [0.4, 0.5) is 5.69 Å². The van der Waals surface area contributed by atoms with Gasteiger partial charge in [0.05, 0.1) is 0 Å². The van der Waals surface area contributed by atoms with Crippen LogP contribution >= 0.6 is 0 Å². The molecule has 1 aromatic carbocycles. The minimum atomic E-state index is 1.03. The molecule has 1 N–H and O–H groups in total. The minimum absolute atomic E-state index is 1.03. The number of benzene rings is 1. The van der Waals surface area contributed by atoms with Crippen LogP contribution in [0.15, 0.2) is 18.2 Å². The van der Waals surface area contributed by atoms with Crippen molar-refractivity contribution in [1.29, 1.82) is 0 Å². The second-order valence-corrected chi connectivity index (χ2v) is 4.61. The minimum Gasteiger partial charge on any atom is -0.385 e. The first-order chi connectivity index (χ1) is 7.25. The van der Waals surface area contributed by atoms with Crippen molar-refractivity contribution in [3.05, 3.63) is 29.3 Å². The Morgan fingerprint density at radius 1 is 1.27 bits per heavy atom. The number of nitrogens with one attached hydrogen (secondary N) is 1. The van der Waals surface area contributed by atoms with E-state index < -0.39 is 0 Å². The van der Waals surface area contributed by atoms with Gasteiger partial charge in [-0.2, -0.15) is 0 Å². The van der Waals surface area contributed by atoms with Crippen LogP contribution in [-0.2, 0) is 13.0 Å². The van der Waals surface area contributed by atoms with Crippen molar-refractivity contribution in [3.8, 4) is 0 Å². The predicted molar refractivity (Wildman–Crippen MR) is 65.3 cm³/mol. The molecule has 0 aromatic heterocycles. The van der Waals surface area contributed by atoms with Crippen LogP contribution in [0.3, 0.4) is 0 Å². The number of anilines is 1. The number of rotatable bonds is 2. The summed E-state index contributed by atoms with van der Waals surface area (Å²) in [6, 6.07) is 6.82. The maximum absolute atomic E-state index is 3.49. The largest absolute Gasteiger partial charge is 0.385 e. The van der Waals surface area contributed by atoms with E-state index >= 15 is 0 Å². The number of fused-ring (bicyclic) bond motifs is 1. The molecule has 2 heteroatoms. The van der Waals surface area contributed by atoms with Crippen LogP contribution < -0.4 is 5.32 Å². The lowest BCUT2D eigenvalue weighted by Gasteiger charge is -2.13. The second-order valence-electron chi connectivity index (χ2n) is 4.61. The van der Waals surface area contributed by atoms with Crippen molar-refractivity contribution in [2.24, 2.45) is 0 Å². The molecule has 1 aliphatic heterocycles. The summed E-state index contributed by atoms with van der Waals surface area (Å²) in [5.74, 6) is 0. The van der Waals surface area contributed by atoms with E-state index in [1.807, 2.05) is 0 Å². The van der Waals surface area contributed by atoms with Crippen LogP contribution in [0.1, 0.15) is 24.0 Å². The van der Waals surface area contributed by atoms with Gasteiger partial charge in [-0.1, -0.05) is 12.1 Å². The SMILES string of the molecule is CN(C)Cc1ccc2c(c1)CCCCN2. The molecule has 0 fully saturated rings. The summed E-state index contributed by atoms with van der Waals surface area (Å²) in [6.07, 6.45) is 3.83. The quantitative estimate of drug-likeness (QED) is 0.796. The lowest BCUT2D eigenvalue weighted by Crippen LogP contribution is -2.11. The zero-order chi connectivity index (χ0) is 10.7. The zero-order valence-corrected chi connectivity index (χ0v) is 9.71. The molecule has 0 unspecified atom stereocenters. The van der Waals surface area contributed by atoms with Gasteiger partial charge in [0.25, 0.3) is 0 Å². The van der Waals surface area contributed by atoms with E-state index in [0.717, 1.165) is 13.1 Å². The maximum atomic E-state index is 3.49. The van der Waals surface area contributed by atoms with E-state index in [1.54, 1.807) is 0 Å². The zero-order valence-electron chi connectivity index (χ0n) is 9.71. The maximum Gasteiger partial charge on any atom is 0.0372 e. The summed E-state index contributed by atoms with van der Waals surface area (Å²) in [5.41, 5.74) is 4.25. The highest BCUT2D eigenvalue weighted by molar-refractivity contribution is 5.53. The molecule has 1 heterocycles. The van der Waals surface area contributed by atoms with Crippen LogP contribution in [0.2, 0.25) is 0 Å². The molecule has 1 aliphatic rings. The number of hydrogen-bond donors (Lipinski definition) is 1. The van der Waals surface area contributed by atoms with Crippen molar-refractivity contribution in [1.82, 2.24) is 4.90 Å². The summed E-state index contributed by atoms with van der Waals surface area (Å²) in [5, 5.41) is 3.49. The first-order valence-electron chi connectivity index (χ1n) is 5.76. The third-order valence-corrected chi connectivity index (χ3v) is 2.86. The van der Waals surface area contributed by atoms with E-state index in [1.165, 1.54) is 36.1 Å². The van der Waals surface area contributed by atoms with Gasteiger partial charge < -0.3 is 10.2 Å². The fourth-order valence-electron chi connectivity index (χ4n) is 2.15. The molecule has 0 saturated heterocycles. The average Bonchev–Trinajstić information content (AvgIpc) is 2.41. The molecular formula is C13H20N2. The van der Waals surface area contributed by atoms with Gasteiger partial charge in [0.15, 0.2) is 0 Å². The summed E-state index contributed by atoms with van der Waals surface area (Å²) in [7, 11) is 4.23. The third kappa shape index (κ3) is 2.72. The van der Waals surface area contributed by atoms with Gasteiger partial charge in [0.2, 0.25) is 0 Å². The molecule has 0 aliphatic carbocycles. The molecule has 0 spiro atoms. The lowest BCUT2D eigenvalue weighted by molar-refractivity contribution is 0.402. The Morgan fingerprint density at radius 3 is 2.93 bits per heavy atom. The van der Waals surface area contributed by atoms with Gasteiger partial charge in [0.1, 0.15) is 0 Å². The van der Waals surface area contributed by atoms with Crippen molar-refractivity contribution < 1.29 is 0 Å². The van der Waals surface area contributed by atoms with Crippen molar-refractivity contribution in [3.63, 3.8) is 0 Å². The Morgan fingerprint density at radius 2 is 2.13 bits per heavy atom. The molecule has 0 radical (unpaired) electrons. The van der Waals surface area contributed by atoms with Crippen LogP contribution in [0.25, 0.3) is 0 Å². The van der Waals surface area contributed by atoms with Gasteiger partial charge in [-0.15, -0.1) is 0 Å². The van der Waals surface area contributed by atoms with Gasteiger partial charge in [-0.05, 0) is 50.6 Å². The fourth-order valence-corrected chi connectivity index (χ4v) is 2.15. The first-order valence-corrected chi connectivity index (χ1v) is 5.76. The molecule has 1 aromatic rings. The fraction of sp³-hybridized carbons (Fsp3) is 0.538. The monoisotopic (exact) mass is 204 g/mol. The Labute approximate surface area is 92.3 Å². The first kappa shape index (κ1) is 10.5. The highest BCUT2D eigenvalue weighted by Gasteiger charge is 2.07. The van der Waals surface area contributed by atoms with Crippen molar-refractivity contribution >= 4 is 5.69 Å². The summed E-state index contributed by atoms with van der Waals surface area (Å²) in [4.78, 5) is 2.21. The summed E-state index contributed by atoms with van der Waals surface area (Å²) in [6.45, 7) is 2.16. The van der Waals surface area contributed by atoms with Crippen molar-refractivity contribution in [2.45, 2.75) is 25.8 Å². The Bertz CT molecular complexity index is 331. The molecule has 0 saturated carbocycles. The number of aryl methyl sites for hydroxylation is 1. The van der Waals surface area contributed by atoms with Gasteiger partial charge in [-0.3, -0.25) is 0 Å². The smallest absolute Gasteiger partial charge is 0.0372 e.